The second-order valence-corrected chi connectivity index (χ2v) is 7.94. The molecule has 1 aromatic heterocycles. The lowest BCUT2D eigenvalue weighted by molar-refractivity contribution is -0.134. The predicted molar refractivity (Wildman–Crippen MR) is 107 cm³/mol. The molecule has 0 N–H and O–H groups in total. The summed E-state index contributed by atoms with van der Waals surface area (Å²) in [7, 11) is 3.99. The molecule has 0 aliphatic heterocycles. The first kappa shape index (κ1) is 19.5. The van der Waals surface area contributed by atoms with E-state index in [4.69, 9.17) is 0 Å². The number of likely N-dealkylation sites (N-methyl/N-ethyl adjacent to an activating group) is 2. The number of carbonyl (C=O) groups excluding carboxylic acids is 1. The molecule has 6 nitrogen and oxygen atoms in total. The molecule has 0 bridgehead atoms. The zero-order valence-corrected chi connectivity index (χ0v) is 16.9. The van der Waals surface area contributed by atoms with Crippen molar-refractivity contribution >= 4 is 5.91 Å². The Morgan fingerprint density at radius 3 is 2.44 bits per heavy atom. The van der Waals surface area contributed by atoms with Gasteiger partial charge in [-0.3, -0.25) is 9.69 Å². The molecule has 1 saturated carbocycles. The molecule has 2 aromatic rings. The number of amides is 1. The Morgan fingerprint density at radius 2 is 1.85 bits per heavy atom. The van der Waals surface area contributed by atoms with Gasteiger partial charge in [-0.2, -0.15) is 5.10 Å². The molecule has 1 heterocycles. The van der Waals surface area contributed by atoms with Gasteiger partial charge in [-0.25, -0.2) is 9.67 Å². The van der Waals surface area contributed by atoms with E-state index >= 15 is 0 Å². The van der Waals surface area contributed by atoms with Crippen LogP contribution >= 0.6 is 0 Å². The first-order valence-electron chi connectivity index (χ1n) is 9.86. The molecule has 1 aliphatic rings. The van der Waals surface area contributed by atoms with E-state index in [0.29, 0.717) is 12.6 Å². The number of carbonyl (C=O) groups is 1. The van der Waals surface area contributed by atoms with Gasteiger partial charge in [-0.1, -0.05) is 19.1 Å². The third-order valence-electron chi connectivity index (χ3n) is 6.03. The van der Waals surface area contributed by atoms with Crippen LogP contribution in [0.1, 0.15) is 51.1 Å². The summed E-state index contributed by atoms with van der Waals surface area (Å²) >= 11 is 0. The zero-order valence-electron chi connectivity index (χ0n) is 16.9. The number of rotatable bonds is 6. The van der Waals surface area contributed by atoms with E-state index in [2.05, 4.69) is 41.0 Å². The van der Waals surface area contributed by atoms with Crippen molar-refractivity contribution in [3.8, 4) is 5.69 Å². The minimum absolute atomic E-state index is 0.165. The molecule has 1 unspecified atom stereocenters. The van der Waals surface area contributed by atoms with Crippen molar-refractivity contribution in [1.82, 2.24) is 24.6 Å². The Kier molecular flexibility index (Phi) is 6.26. The topological polar surface area (TPSA) is 54.3 Å². The van der Waals surface area contributed by atoms with Crippen molar-refractivity contribution < 1.29 is 4.79 Å². The maximum atomic E-state index is 12.7. The van der Waals surface area contributed by atoms with Crippen LogP contribution in [0.4, 0.5) is 0 Å². The molecular formula is C21H31N5O. The Morgan fingerprint density at radius 1 is 1.19 bits per heavy atom. The van der Waals surface area contributed by atoms with E-state index in [1.165, 1.54) is 24.7 Å². The molecule has 3 rings (SSSR count). The van der Waals surface area contributed by atoms with Gasteiger partial charge in [0.2, 0.25) is 5.91 Å². The number of benzene rings is 1. The Balaban J connectivity index is 1.56. The Labute approximate surface area is 162 Å². The third kappa shape index (κ3) is 4.75. The van der Waals surface area contributed by atoms with Crippen LogP contribution in [0.5, 0.6) is 0 Å². The summed E-state index contributed by atoms with van der Waals surface area (Å²) in [5.41, 5.74) is 2.16. The molecule has 6 heteroatoms. The van der Waals surface area contributed by atoms with E-state index in [-0.39, 0.29) is 11.9 Å². The maximum absolute atomic E-state index is 12.7. The number of nitrogens with zero attached hydrogens (tertiary/aromatic N) is 5. The highest BCUT2D eigenvalue weighted by atomic mass is 16.2. The lowest BCUT2D eigenvalue weighted by Gasteiger charge is -2.35. The number of hydrogen-bond donors (Lipinski definition) is 0. The molecule has 146 valence electrons. The summed E-state index contributed by atoms with van der Waals surface area (Å²) < 4.78 is 1.74. The standard InChI is InChI=1S/C21H31N5O/c1-16-5-9-19(10-6-16)25(4)21(27)13-24(3)17(2)18-7-11-20(12-8-18)26-15-22-14-23-26/h7-8,11-12,14-17,19H,5-6,9-10,13H2,1-4H3. The van der Waals surface area contributed by atoms with Crippen molar-refractivity contribution in [1.29, 1.82) is 0 Å². The minimum Gasteiger partial charge on any atom is -0.342 e. The van der Waals surface area contributed by atoms with Gasteiger partial charge in [-0.05, 0) is 63.3 Å². The van der Waals surface area contributed by atoms with Crippen LogP contribution in [0.25, 0.3) is 5.69 Å². The maximum Gasteiger partial charge on any atom is 0.236 e. The fraction of sp³-hybridized carbons (Fsp3) is 0.571. The quantitative estimate of drug-likeness (QED) is 0.784. The van der Waals surface area contributed by atoms with Crippen molar-refractivity contribution in [2.45, 2.75) is 51.6 Å². The second-order valence-electron chi connectivity index (χ2n) is 7.94. The van der Waals surface area contributed by atoms with Crippen LogP contribution < -0.4 is 0 Å². The van der Waals surface area contributed by atoms with E-state index in [9.17, 15) is 4.79 Å². The van der Waals surface area contributed by atoms with E-state index in [1.807, 2.05) is 31.1 Å². The zero-order chi connectivity index (χ0) is 19.4. The first-order chi connectivity index (χ1) is 13.0. The molecule has 1 aromatic carbocycles. The summed E-state index contributed by atoms with van der Waals surface area (Å²) in [6.07, 6.45) is 7.93. The van der Waals surface area contributed by atoms with Crippen molar-refractivity contribution in [3.05, 3.63) is 42.5 Å². The van der Waals surface area contributed by atoms with Crippen molar-refractivity contribution in [2.75, 3.05) is 20.6 Å². The summed E-state index contributed by atoms with van der Waals surface area (Å²) in [4.78, 5) is 20.8. The molecule has 1 amide bonds. The van der Waals surface area contributed by atoms with Crippen LogP contribution in [0, 0.1) is 5.92 Å². The Bertz CT molecular complexity index is 720. The highest BCUT2D eigenvalue weighted by Crippen LogP contribution is 2.27. The molecule has 0 saturated heterocycles. The van der Waals surface area contributed by atoms with E-state index in [0.717, 1.165) is 24.4 Å². The molecule has 0 spiro atoms. The van der Waals surface area contributed by atoms with Crippen LogP contribution in [0.3, 0.4) is 0 Å². The lowest BCUT2D eigenvalue weighted by atomic mass is 9.87. The molecule has 1 fully saturated rings. The molecular weight excluding hydrogens is 338 g/mol. The monoisotopic (exact) mass is 369 g/mol. The molecule has 27 heavy (non-hydrogen) atoms. The Hall–Kier alpha value is -2.21. The van der Waals surface area contributed by atoms with E-state index in [1.54, 1.807) is 11.0 Å². The van der Waals surface area contributed by atoms with Crippen LogP contribution in [-0.2, 0) is 4.79 Å². The predicted octanol–water partition coefficient (Wildman–Crippen LogP) is 3.30. The number of aromatic nitrogens is 3. The van der Waals surface area contributed by atoms with Gasteiger partial charge < -0.3 is 4.90 Å². The van der Waals surface area contributed by atoms with E-state index < -0.39 is 0 Å². The van der Waals surface area contributed by atoms with Crippen molar-refractivity contribution in [2.24, 2.45) is 5.92 Å². The average Bonchev–Trinajstić information content (AvgIpc) is 3.22. The van der Waals surface area contributed by atoms with Crippen LogP contribution in [0.15, 0.2) is 36.9 Å². The van der Waals surface area contributed by atoms with Crippen molar-refractivity contribution in [3.63, 3.8) is 0 Å². The summed E-state index contributed by atoms with van der Waals surface area (Å²) in [5, 5.41) is 4.15. The fourth-order valence-corrected chi connectivity index (χ4v) is 3.80. The lowest BCUT2D eigenvalue weighted by Crippen LogP contribution is -2.44. The van der Waals surface area contributed by atoms with Gasteiger partial charge in [0.25, 0.3) is 0 Å². The fourth-order valence-electron chi connectivity index (χ4n) is 3.80. The molecule has 1 atom stereocenters. The highest BCUT2D eigenvalue weighted by Gasteiger charge is 2.26. The van der Waals surface area contributed by atoms with Gasteiger partial charge in [0.15, 0.2) is 0 Å². The third-order valence-corrected chi connectivity index (χ3v) is 6.03. The smallest absolute Gasteiger partial charge is 0.236 e. The molecule has 0 radical (unpaired) electrons. The normalized spacial score (nSPS) is 21.2. The number of hydrogen-bond acceptors (Lipinski definition) is 4. The van der Waals surface area contributed by atoms with Crippen LogP contribution in [-0.4, -0.2) is 57.2 Å². The molecule has 1 aliphatic carbocycles. The van der Waals surface area contributed by atoms with Gasteiger partial charge >= 0.3 is 0 Å². The largest absolute Gasteiger partial charge is 0.342 e. The van der Waals surface area contributed by atoms with Gasteiger partial charge in [0.05, 0.1) is 12.2 Å². The van der Waals surface area contributed by atoms with Crippen LogP contribution in [0.2, 0.25) is 0 Å². The summed E-state index contributed by atoms with van der Waals surface area (Å²) in [5.74, 6) is 1.01. The second kappa shape index (κ2) is 8.65. The average molecular weight is 370 g/mol. The van der Waals surface area contributed by atoms with Gasteiger partial charge in [-0.15, -0.1) is 0 Å². The summed E-state index contributed by atoms with van der Waals surface area (Å²) in [6.45, 7) is 4.89. The van der Waals surface area contributed by atoms with Gasteiger partial charge in [0.1, 0.15) is 12.7 Å². The minimum atomic E-state index is 0.165. The first-order valence-corrected chi connectivity index (χ1v) is 9.86. The summed E-state index contributed by atoms with van der Waals surface area (Å²) in [6, 6.07) is 8.82. The van der Waals surface area contributed by atoms with Gasteiger partial charge in [0, 0.05) is 19.1 Å². The SMILES string of the molecule is CC1CCC(N(C)C(=O)CN(C)C(C)c2ccc(-n3cncn3)cc2)CC1. The highest BCUT2D eigenvalue weighted by molar-refractivity contribution is 5.78.